The lowest BCUT2D eigenvalue weighted by Gasteiger charge is -2.22. The molecule has 1 aliphatic rings. The molecule has 0 aromatic carbocycles. The summed E-state index contributed by atoms with van der Waals surface area (Å²) in [5, 5.41) is 26.0. The molecule has 1 amide bonds. The van der Waals surface area contributed by atoms with Gasteiger partial charge in [-0.2, -0.15) is 0 Å². The Morgan fingerprint density at radius 2 is 2.00 bits per heavy atom. The topological polar surface area (TPSA) is 135 Å². The van der Waals surface area contributed by atoms with Gasteiger partial charge in [0.1, 0.15) is 25.0 Å². The molecule has 3 heterocycles. The van der Waals surface area contributed by atoms with Gasteiger partial charge in [-0.1, -0.05) is 0 Å². The average Bonchev–Trinajstić information content (AvgIpc) is 3.24. The number of amides is 1. The molecule has 12 heteroatoms. The number of nitrogens with zero attached hydrogens (tertiary/aromatic N) is 9. The van der Waals surface area contributed by atoms with Crippen molar-refractivity contribution in [2.45, 2.75) is 39.4 Å². The fraction of sp³-hybridized carbons (Fsp3) is 0.667. The summed E-state index contributed by atoms with van der Waals surface area (Å²) in [4.78, 5) is 24.9. The van der Waals surface area contributed by atoms with E-state index in [4.69, 9.17) is 9.90 Å². The maximum atomic E-state index is 12.3. The van der Waals surface area contributed by atoms with E-state index in [1.54, 1.807) is 6.33 Å². The molecule has 12 nitrogen and oxygen atoms in total. The number of carboxylic acid groups (broad SMARTS) is 1. The molecular formula is C15H25N9O3. The Balaban J connectivity index is 0.000000817. The molecule has 148 valence electrons. The Morgan fingerprint density at radius 3 is 2.67 bits per heavy atom. The molecule has 0 saturated carbocycles. The molecule has 0 bridgehead atoms. The minimum absolute atomic E-state index is 0.0505. The van der Waals surface area contributed by atoms with Crippen LogP contribution in [0.15, 0.2) is 12.7 Å². The van der Waals surface area contributed by atoms with E-state index in [1.165, 1.54) is 11.0 Å². The highest BCUT2D eigenvalue weighted by molar-refractivity contribution is 5.75. The maximum absolute atomic E-state index is 12.3. The molecule has 0 aliphatic carbocycles. The van der Waals surface area contributed by atoms with Crippen LogP contribution in [0.2, 0.25) is 0 Å². The van der Waals surface area contributed by atoms with Crippen molar-refractivity contribution in [3.63, 3.8) is 0 Å². The molecule has 2 aromatic heterocycles. The first-order chi connectivity index (χ1) is 13.0. The third kappa shape index (κ3) is 6.09. The second-order valence-corrected chi connectivity index (χ2v) is 6.37. The van der Waals surface area contributed by atoms with Crippen molar-refractivity contribution in [1.29, 1.82) is 0 Å². The van der Waals surface area contributed by atoms with Crippen LogP contribution >= 0.6 is 0 Å². The van der Waals surface area contributed by atoms with Crippen molar-refractivity contribution in [2.75, 3.05) is 26.2 Å². The lowest BCUT2D eigenvalue weighted by molar-refractivity contribution is -0.132. The number of rotatable bonds is 5. The average molecular weight is 379 g/mol. The third-order valence-electron chi connectivity index (χ3n) is 4.20. The van der Waals surface area contributed by atoms with E-state index in [1.807, 2.05) is 4.90 Å². The SMILES string of the molecule is CC(C)n1cnnc1CN1CCCN(C(=O)Cn2cnnn2)CC1.O=CO. The van der Waals surface area contributed by atoms with Crippen LogP contribution in [0.5, 0.6) is 0 Å². The fourth-order valence-corrected chi connectivity index (χ4v) is 2.88. The summed E-state index contributed by atoms with van der Waals surface area (Å²) in [6.07, 6.45) is 4.18. The predicted octanol–water partition coefficient (Wildman–Crippen LogP) is -0.719. The molecule has 27 heavy (non-hydrogen) atoms. The molecular weight excluding hydrogens is 354 g/mol. The first kappa shape index (κ1) is 20.4. The Labute approximate surface area is 156 Å². The number of carbonyl (C=O) groups excluding carboxylic acids is 1. The van der Waals surface area contributed by atoms with E-state index >= 15 is 0 Å². The van der Waals surface area contributed by atoms with Gasteiger partial charge >= 0.3 is 0 Å². The van der Waals surface area contributed by atoms with Crippen molar-refractivity contribution < 1.29 is 14.7 Å². The lowest BCUT2D eigenvalue weighted by atomic mass is 10.3. The van der Waals surface area contributed by atoms with Crippen LogP contribution in [-0.4, -0.2) is 88.4 Å². The van der Waals surface area contributed by atoms with Crippen LogP contribution in [-0.2, 0) is 22.7 Å². The van der Waals surface area contributed by atoms with Gasteiger partial charge in [0, 0.05) is 32.2 Å². The van der Waals surface area contributed by atoms with Crippen molar-refractivity contribution in [3.8, 4) is 0 Å². The van der Waals surface area contributed by atoms with E-state index in [2.05, 4.69) is 49.0 Å². The zero-order chi connectivity index (χ0) is 19.6. The molecule has 3 rings (SSSR count). The van der Waals surface area contributed by atoms with Gasteiger partial charge in [0.15, 0.2) is 0 Å². The smallest absolute Gasteiger partial charge is 0.290 e. The van der Waals surface area contributed by atoms with Crippen LogP contribution in [0.1, 0.15) is 32.1 Å². The van der Waals surface area contributed by atoms with Gasteiger partial charge in [-0.05, 0) is 30.7 Å². The molecule has 0 radical (unpaired) electrons. The largest absolute Gasteiger partial charge is 0.483 e. The molecule has 0 spiro atoms. The lowest BCUT2D eigenvalue weighted by Crippen LogP contribution is -2.37. The number of hydrogen-bond acceptors (Lipinski definition) is 8. The highest BCUT2D eigenvalue weighted by atomic mass is 16.3. The van der Waals surface area contributed by atoms with Crippen LogP contribution in [0.4, 0.5) is 0 Å². The second kappa shape index (κ2) is 10.3. The minimum Gasteiger partial charge on any atom is -0.483 e. The van der Waals surface area contributed by atoms with Gasteiger partial charge in [0.05, 0.1) is 6.54 Å². The second-order valence-electron chi connectivity index (χ2n) is 6.37. The zero-order valence-corrected chi connectivity index (χ0v) is 15.5. The van der Waals surface area contributed by atoms with E-state index in [9.17, 15) is 4.79 Å². The Kier molecular flexibility index (Phi) is 7.79. The van der Waals surface area contributed by atoms with Crippen molar-refractivity contribution in [2.24, 2.45) is 0 Å². The predicted molar refractivity (Wildman–Crippen MR) is 93.4 cm³/mol. The number of carbonyl (C=O) groups is 2. The highest BCUT2D eigenvalue weighted by Crippen LogP contribution is 2.11. The minimum atomic E-state index is -0.250. The van der Waals surface area contributed by atoms with Gasteiger partial charge in [-0.25, -0.2) is 4.68 Å². The first-order valence-corrected chi connectivity index (χ1v) is 8.72. The summed E-state index contributed by atoms with van der Waals surface area (Å²) in [7, 11) is 0. The van der Waals surface area contributed by atoms with E-state index < -0.39 is 0 Å². The molecule has 1 N–H and O–H groups in total. The van der Waals surface area contributed by atoms with Crippen LogP contribution in [0.25, 0.3) is 0 Å². The number of aromatic nitrogens is 7. The zero-order valence-electron chi connectivity index (χ0n) is 15.5. The Hall–Kier alpha value is -2.89. The normalized spacial score (nSPS) is 15.1. The third-order valence-corrected chi connectivity index (χ3v) is 4.20. The number of tetrazole rings is 1. The van der Waals surface area contributed by atoms with Crippen LogP contribution < -0.4 is 0 Å². The van der Waals surface area contributed by atoms with Gasteiger partial charge in [-0.15, -0.1) is 15.3 Å². The Bertz CT molecular complexity index is 701. The molecule has 0 atom stereocenters. The van der Waals surface area contributed by atoms with Crippen molar-refractivity contribution in [1.82, 2.24) is 44.8 Å². The van der Waals surface area contributed by atoms with Crippen LogP contribution in [0.3, 0.4) is 0 Å². The highest BCUT2D eigenvalue weighted by Gasteiger charge is 2.21. The summed E-state index contributed by atoms with van der Waals surface area (Å²) in [6, 6.07) is 0.344. The molecule has 1 saturated heterocycles. The standard InChI is InChI=1S/C14H23N9O.CH2O2/c1-12(2)23-11-15-17-13(23)8-20-4-3-5-21(7-6-20)14(24)9-22-10-16-18-19-22;2-1-3/h10-12H,3-9H2,1-2H3;1H,(H,2,3). The van der Waals surface area contributed by atoms with E-state index in [-0.39, 0.29) is 18.9 Å². The quantitative estimate of drug-likeness (QED) is 0.668. The summed E-state index contributed by atoms with van der Waals surface area (Å²) in [5.74, 6) is 1.02. The summed E-state index contributed by atoms with van der Waals surface area (Å²) in [6.45, 7) is 8.17. The summed E-state index contributed by atoms with van der Waals surface area (Å²) < 4.78 is 3.54. The molecule has 0 unspecified atom stereocenters. The fourth-order valence-electron chi connectivity index (χ4n) is 2.88. The monoisotopic (exact) mass is 379 g/mol. The van der Waals surface area contributed by atoms with Crippen molar-refractivity contribution in [3.05, 3.63) is 18.5 Å². The molecule has 1 aliphatic heterocycles. The van der Waals surface area contributed by atoms with E-state index in [0.29, 0.717) is 12.6 Å². The maximum Gasteiger partial charge on any atom is 0.290 e. The van der Waals surface area contributed by atoms with Gasteiger partial charge < -0.3 is 14.6 Å². The van der Waals surface area contributed by atoms with Gasteiger partial charge in [-0.3, -0.25) is 14.5 Å². The Morgan fingerprint density at radius 1 is 1.22 bits per heavy atom. The number of hydrogen-bond donors (Lipinski definition) is 1. The molecule has 1 fully saturated rings. The first-order valence-electron chi connectivity index (χ1n) is 8.72. The van der Waals surface area contributed by atoms with Crippen molar-refractivity contribution >= 4 is 12.4 Å². The van der Waals surface area contributed by atoms with Gasteiger partial charge in [0.25, 0.3) is 6.47 Å². The van der Waals surface area contributed by atoms with Crippen LogP contribution in [0, 0.1) is 0 Å². The van der Waals surface area contributed by atoms with Gasteiger partial charge in [0.2, 0.25) is 5.91 Å². The molecule has 2 aromatic rings. The summed E-state index contributed by atoms with van der Waals surface area (Å²) >= 11 is 0. The van der Waals surface area contributed by atoms with E-state index in [0.717, 1.165) is 38.4 Å². The summed E-state index contributed by atoms with van der Waals surface area (Å²) in [5.41, 5.74) is 0.